The molecule has 0 unspecified atom stereocenters. The lowest BCUT2D eigenvalue weighted by Crippen LogP contribution is -2.57. The van der Waals surface area contributed by atoms with Crippen LogP contribution in [0.25, 0.3) is 33.5 Å². The number of nitriles is 2. The quantitative estimate of drug-likeness (QED) is 0.264. The molecule has 4 N–H and O–H groups in total. The van der Waals surface area contributed by atoms with Gasteiger partial charge in [-0.25, -0.2) is 9.97 Å². The predicted octanol–water partition coefficient (Wildman–Crippen LogP) is 2.36. The Morgan fingerprint density at radius 2 is 1.67 bits per heavy atom. The topological polar surface area (TPSA) is 203 Å². The number of aryl methyl sites for hydroxylation is 1. The van der Waals surface area contributed by atoms with Gasteiger partial charge in [-0.3, -0.25) is 19.1 Å². The van der Waals surface area contributed by atoms with Crippen LogP contribution in [0.3, 0.4) is 0 Å². The van der Waals surface area contributed by atoms with Gasteiger partial charge in [0.05, 0.1) is 47.3 Å². The molecule has 2 saturated carbocycles. The molecule has 2 atom stereocenters. The van der Waals surface area contributed by atoms with Crippen LogP contribution in [0.2, 0.25) is 5.02 Å². The van der Waals surface area contributed by atoms with Crippen LogP contribution in [-0.4, -0.2) is 90.5 Å². The summed E-state index contributed by atoms with van der Waals surface area (Å²) in [6, 6.07) is 8.91. The van der Waals surface area contributed by atoms with Gasteiger partial charge in [-0.05, 0) is 55.7 Å². The highest BCUT2D eigenvalue weighted by Gasteiger charge is 2.43. The maximum absolute atomic E-state index is 13.3. The lowest BCUT2D eigenvalue weighted by atomic mass is 9.99. The van der Waals surface area contributed by atoms with E-state index in [-0.39, 0.29) is 41.5 Å². The molecule has 5 heterocycles. The van der Waals surface area contributed by atoms with Crippen LogP contribution in [0.1, 0.15) is 36.0 Å². The lowest BCUT2D eigenvalue weighted by Gasteiger charge is -2.37. The average Bonchev–Trinajstić information content (AvgIpc) is 3.98. The summed E-state index contributed by atoms with van der Waals surface area (Å²) in [5, 5.41) is 26.5. The van der Waals surface area contributed by atoms with Crippen LogP contribution in [0.4, 0.5) is 0 Å². The summed E-state index contributed by atoms with van der Waals surface area (Å²) >= 11 is 6.14. The molecule has 246 valence electrons. The number of nitrogens with two attached hydrogens (primary N) is 1. The molecule has 1 aromatic carbocycles. The lowest BCUT2D eigenvalue weighted by molar-refractivity contribution is -0.139. The smallest absolute Gasteiger partial charge is 0.255 e. The van der Waals surface area contributed by atoms with E-state index in [2.05, 4.69) is 32.5 Å². The molecule has 4 aromatic rings. The molecular formula is C33H34ClN11O3. The predicted molar refractivity (Wildman–Crippen MR) is 175 cm³/mol. The Morgan fingerprint density at radius 1 is 1.02 bits per heavy atom. The molecular weight excluding hydrogens is 634 g/mol. The largest absolute Gasteiger partial charge is 0.344 e. The van der Waals surface area contributed by atoms with Crippen LogP contribution in [0, 0.1) is 46.3 Å². The Balaban J connectivity index is 0.000000235. The Morgan fingerprint density at radius 3 is 2.29 bits per heavy atom. The molecule has 48 heavy (non-hydrogen) atoms. The number of carbonyl (C=O) groups is 3. The molecule has 2 saturated heterocycles. The maximum atomic E-state index is 13.3. The molecule has 0 bridgehead atoms. The first kappa shape index (κ1) is 31.5. The van der Waals surface area contributed by atoms with Crippen LogP contribution >= 0.6 is 11.6 Å². The van der Waals surface area contributed by atoms with Gasteiger partial charge in [-0.1, -0.05) is 11.6 Å². The third-order valence-electron chi connectivity index (χ3n) is 9.49. The number of fused-ring (bicyclic) bond motifs is 2. The Hall–Kier alpha value is -5.05. The van der Waals surface area contributed by atoms with Crippen molar-refractivity contribution in [1.29, 1.82) is 10.5 Å². The zero-order valence-electron chi connectivity index (χ0n) is 26.3. The molecule has 3 aromatic heterocycles. The first-order valence-electron chi connectivity index (χ1n) is 16.0. The minimum Gasteiger partial charge on any atom is -0.344 e. The number of hydrogen-bond acceptors (Lipinski definition) is 9. The van der Waals surface area contributed by atoms with E-state index in [9.17, 15) is 14.4 Å². The summed E-state index contributed by atoms with van der Waals surface area (Å²) in [5.41, 5.74) is 8.95. The van der Waals surface area contributed by atoms with Crippen molar-refractivity contribution in [2.75, 3.05) is 26.2 Å². The second kappa shape index (κ2) is 12.5. The van der Waals surface area contributed by atoms with Crippen LogP contribution in [0.5, 0.6) is 0 Å². The molecule has 15 heteroatoms. The van der Waals surface area contributed by atoms with Gasteiger partial charge in [0, 0.05) is 49.8 Å². The number of aromatic amines is 1. The number of amides is 3. The fraction of sp³-hybridized carbons (Fsp3) is 0.455. The Bertz CT molecular complexity index is 2010. The Kier molecular flexibility index (Phi) is 8.23. The second-order valence-electron chi connectivity index (χ2n) is 13.1. The number of likely N-dealkylation sites (tertiary alicyclic amines) is 2. The first-order valence-corrected chi connectivity index (χ1v) is 16.4. The van der Waals surface area contributed by atoms with Gasteiger partial charge in [-0.2, -0.15) is 15.6 Å². The van der Waals surface area contributed by atoms with Crippen molar-refractivity contribution in [3.8, 4) is 23.5 Å². The molecule has 3 amide bonds. The number of H-pyrrole nitrogens is 1. The van der Waals surface area contributed by atoms with Crippen molar-refractivity contribution >= 4 is 51.4 Å². The molecule has 2 aliphatic heterocycles. The van der Waals surface area contributed by atoms with Gasteiger partial charge < -0.3 is 25.8 Å². The minimum atomic E-state index is -0.604. The monoisotopic (exact) mass is 667 g/mol. The highest BCUT2D eigenvalue weighted by Crippen LogP contribution is 2.35. The fourth-order valence-electron chi connectivity index (χ4n) is 6.17. The minimum absolute atomic E-state index is 0.0361. The zero-order chi connectivity index (χ0) is 33.7. The van der Waals surface area contributed by atoms with E-state index in [1.54, 1.807) is 32.9 Å². The molecule has 8 rings (SSSR count). The van der Waals surface area contributed by atoms with Gasteiger partial charge in [0.25, 0.3) is 5.91 Å². The Labute approximate surface area is 280 Å². The van der Waals surface area contributed by atoms with E-state index >= 15 is 0 Å². The number of halogens is 1. The summed E-state index contributed by atoms with van der Waals surface area (Å²) < 4.78 is 1.73. The molecule has 4 aliphatic rings. The highest BCUT2D eigenvalue weighted by atomic mass is 35.5. The van der Waals surface area contributed by atoms with Crippen LogP contribution in [0.15, 0.2) is 30.6 Å². The standard InChI is InChI=1S/C24H21ClN8O2.C9H13N3O/c1-32-18-6-14(25)4-5-15(18)20(31-32)17-9-28-22-21(29-17)16(8-27-22)23(34)30-19(13-2-3-13)24(35)33-10-12(7-26)11-33;10-3-6-4-12(5-6)9(13)8(11)7-1-2-7/h4-6,8-9,12-13,19H,2-3,10-11H2,1H3,(H,27,28)(H,30,34);6-8H,1-2,4-5,11H2/t19-;8-/m11/s1. The van der Waals surface area contributed by atoms with Crippen molar-refractivity contribution in [3.05, 3.63) is 41.2 Å². The summed E-state index contributed by atoms with van der Waals surface area (Å²) in [4.78, 5) is 53.3. The molecule has 0 radical (unpaired) electrons. The van der Waals surface area contributed by atoms with Crippen LogP contribution < -0.4 is 11.1 Å². The van der Waals surface area contributed by atoms with E-state index < -0.39 is 6.04 Å². The normalized spacial score (nSPS) is 18.9. The van der Waals surface area contributed by atoms with E-state index in [1.807, 2.05) is 19.2 Å². The second-order valence-corrected chi connectivity index (χ2v) is 13.5. The molecule has 0 spiro atoms. The third kappa shape index (κ3) is 6.05. The van der Waals surface area contributed by atoms with E-state index in [0.717, 1.165) is 36.6 Å². The highest BCUT2D eigenvalue weighted by molar-refractivity contribution is 6.31. The number of aromatic nitrogens is 5. The van der Waals surface area contributed by atoms with E-state index in [4.69, 9.17) is 32.8 Å². The van der Waals surface area contributed by atoms with Crippen molar-refractivity contribution in [1.82, 2.24) is 39.8 Å². The third-order valence-corrected chi connectivity index (χ3v) is 9.73. The number of carbonyl (C=O) groups excluding carboxylic acids is 3. The molecule has 14 nitrogen and oxygen atoms in total. The summed E-state index contributed by atoms with van der Waals surface area (Å²) in [7, 11) is 1.83. The number of benzene rings is 1. The van der Waals surface area contributed by atoms with Gasteiger partial charge in [0.2, 0.25) is 11.8 Å². The van der Waals surface area contributed by atoms with Gasteiger partial charge in [0.1, 0.15) is 22.9 Å². The number of nitrogens with one attached hydrogen (secondary N) is 2. The zero-order valence-corrected chi connectivity index (χ0v) is 27.0. The molecule has 4 fully saturated rings. The van der Waals surface area contributed by atoms with Crippen molar-refractivity contribution in [2.45, 2.75) is 37.8 Å². The number of rotatable bonds is 7. The first-order chi connectivity index (χ1) is 23.1. The summed E-state index contributed by atoms with van der Waals surface area (Å²) in [6.07, 6.45) is 7.12. The summed E-state index contributed by atoms with van der Waals surface area (Å²) in [6.45, 7) is 1.99. The van der Waals surface area contributed by atoms with Crippen molar-refractivity contribution in [2.24, 2.45) is 36.5 Å². The van der Waals surface area contributed by atoms with E-state index in [1.165, 1.54) is 0 Å². The SMILES string of the molecule is Cn1nc(-c2cnc3[nH]cc(C(=O)N[C@@H](C(=O)N4CC(C#N)C4)C4CC4)c3n2)c2ccc(Cl)cc21.N#CC1CN(C(=O)[C@H](N)C2CC2)C1. The number of hydrogen-bond donors (Lipinski definition) is 3. The van der Waals surface area contributed by atoms with E-state index in [0.29, 0.717) is 65.2 Å². The fourth-order valence-corrected chi connectivity index (χ4v) is 6.34. The molecule has 2 aliphatic carbocycles. The summed E-state index contributed by atoms with van der Waals surface area (Å²) in [5.74, 6) is -0.0415. The van der Waals surface area contributed by atoms with Gasteiger partial charge in [-0.15, -0.1) is 0 Å². The van der Waals surface area contributed by atoms with Crippen molar-refractivity contribution in [3.63, 3.8) is 0 Å². The van der Waals surface area contributed by atoms with Gasteiger partial charge >= 0.3 is 0 Å². The number of nitrogens with zero attached hydrogens (tertiary/aromatic N) is 8. The van der Waals surface area contributed by atoms with Crippen LogP contribution in [-0.2, 0) is 16.6 Å². The van der Waals surface area contributed by atoms with Gasteiger partial charge in [0.15, 0.2) is 5.65 Å². The average molecular weight is 668 g/mol. The van der Waals surface area contributed by atoms with Crippen molar-refractivity contribution < 1.29 is 14.4 Å². The maximum Gasteiger partial charge on any atom is 0.255 e.